The van der Waals surface area contributed by atoms with E-state index in [1.165, 1.54) is 6.08 Å². The number of isocyanates is 1. The van der Waals surface area contributed by atoms with Crippen molar-refractivity contribution >= 4 is 23.6 Å². The van der Waals surface area contributed by atoms with E-state index < -0.39 is 5.91 Å². The van der Waals surface area contributed by atoms with Crippen LogP contribution < -0.4 is 0 Å². The molecule has 5 heteroatoms. The van der Waals surface area contributed by atoms with E-state index in [1.807, 2.05) is 0 Å². The summed E-state index contributed by atoms with van der Waals surface area (Å²) in [7, 11) is 0. The molecular formula is C9H7ClN2O2. The molecule has 1 aromatic rings. The molecule has 0 aliphatic heterocycles. The Bertz CT molecular complexity index is 413. The van der Waals surface area contributed by atoms with Gasteiger partial charge in [0, 0.05) is 5.69 Å². The van der Waals surface area contributed by atoms with Gasteiger partial charge in [-0.05, 0) is 25.5 Å². The predicted molar refractivity (Wildman–Crippen MR) is 51.2 cm³/mol. The maximum atomic E-state index is 11.2. The lowest BCUT2D eigenvalue weighted by atomic mass is 10.1. The largest absolute Gasteiger partial charge is 0.291 e. The molecule has 1 rings (SSSR count). The predicted octanol–water partition coefficient (Wildman–Crippen LogP) is 1.83. The summed E-state index contributed by atoms with van der Waals surface area (Å²) in [6.45, 7) is 3.46. The minimum Gasteiger partial charge on any atom is -0.266 e. The zero-order chi connectivity index (χ0) is 10.7. The number of carbonyl (C=O) groups is 1. The Morgan fingerprint density at radius 2 is 2.21 bits per heavy atom. The van der Waals surface area contributed by atoms with Gasteiger partial charge in [0.1, 0.15) is 5.15 Å². The number of carbonyl (C=O) groups excluding carboxylic acids is 2. The normalized spacial score (nSPS) is 9.36. The molecule has 0 saturated carbocycles. The first-order valence-electron chi connectivity index (χ1n) is 3.82. The molecule has 1 amide bonds. The highest BCUT2D eigenvalue weighted by atomic mass is 35.5. The number of pyridine rings is 1. The van der Waals surface area contributed by atoms with Crippen molar-refractivity contribution in [2.75, 3.05) is 0 Å². The first-order valence-corrected chi connectivity index (χ1v) is 4.20. The Balaban J connectivity index is 3.34. The highest BCUT2D eigenvalue weighted by molar-refractivity contribution is 6.33. The number of hydrogen-bond donors (Lipinski definition) is 0. The molecule has 0 unspecified atom stereocenters. The summed E-state index contributed by atoms with van der Waals surface area (Å²) in [4.78, 5) is 28.0. The summed E-state index contributed by atoms with van der Waals surface area (Å²) >= 11 is 5.74. The quantitative estimate of drug-likeness (QED) is 0.404. The van der Waals surface area contributed by atoms with Crippen LogP contribution in [0.1, 0.15) is 21.6 Å². The SMILES string of the molecule is Cc1cc(C)c(C(=O)N=C=O)c(Cl)n1. The van der Waals surface area contributed by atoms with Gasteiger partial charge in [-0.2, -0.15) is 0 Å². The van der Waals surface area contributed by atoms with Gasteiger partial charge in [-0.15, -0.1) is 4.99 Å². The summed E-state index contributed by atoms with van der Waals surface area (Å²) in [6, 6.07) is 1.69. The van der Waals surface area contributed by atoms with Gasteiger partial charge in [-0.3, -0.25) is 4.79 Å². The van der Waals surface area contributed by atoms with Crippen molar-refractivity contribution in [3.05, 3.63) is 28.0 Å². The van der Waals surface area contributed by atoms with Crippen molar-refractivity contribution < 1.29 is 9.59 Å². The number of hydrogen-bond acceptors (Lipinski definition) is 3. The van der Waals surface area contributed by atoms with Crippen LogP contribution in [-0.4, -0.2) is 17.0 Å². The minimum absolute atomic E-state index is 0.0616. The second-order valence-electron chi connectivity index (χ2n) is 2.75. The van der Waals surface area contributed by atoms with E-state index in [1.54, 1.807) is 19.9 Å². The van der Waals surface area contributed by atoms with E-state index in [0.29, 0.717) is 11.3 Å². The highest BCUT2D eigenvalue weighted by Crippen LogP contribution is 2.19. The van der Waals surface area contributed by atoms with Gasteiger partial charge >= 0.3 is 0 Å². The average Bonchev–Trinajstić information content (AvgIpc) is 2.01. The van der Waals surface area contributed by atoms with Crippen molar-refractivity contribution in [3.63, 3.8) is 0 Å². The van der Waals surface area contributed by atoms with Crippen LogP contribution in [0.5, 0.6) is 0 Å². The molecule has 0 aliphatic rings. The van der Waals surface area contributed by atoms with Crippen LogP contribution in [0.4, 0.5) is 0 Å². The Hall–Kier alpha value is -1.51. The van der Waals surface area contributed by atoms with Crippen LogP contribution in [0.2, 0.25) is 5.15 Å². The second-order valence-corrected chi connectivity index (χ2v) is 3.11. The van der Waals surface area contributed by atoms with Gasteiger partial charge < -0.3 is 0 Å². The lowest BCUT2D eigenvalue weighted by Crippen LogP contribution is -2.02. The number of aliphatic imine (C=N–C) groups is 1. The third-order valence-corrected chi connectivity index (χ3v) is 1.94. The van der Waals surface area contributed by atoms with Crippen LogP contribution >= 0.6 is 11.6 Å². The second kappa shape index (κ2) is 4.13. The molecule has 0 fully saturated rings. The van der Waals surface area contributed by atoms with E-state index in [4.69, 9.17) is 11.6 Å². The third-order valence-electron chi connectivity index (χ3n) is 1.66. The van der Waals surface area contributed by atoms with E-state index in [-0.39, 0.29) is 10.7 Å². The molecule has 0 atom stereocenters. The molecule has 0 bridgehead atoms. The molecule has 0 radical (unpaired) electrons. The Kier molecular flexibility index (Phi) is 3.12. The zero-order valence-electron chi connectivity index (χ0n) is 7.67. The monoisotopic (exact) mass is 210 g/mol. The third kappa shape index (κ3) is 2.05. The molecule has 0 N–H and O–H groups in total. The zero-order valence-corrected chi connectivity index (χ0v) is 8.42. The van der Waals surface area contributed by atoms with Crippen LogP contribution in [0.15, 0.2) is 11.1 Å². The molecular weight excluding hydrogens is 204 g/mol. The van der Waals surface area contributed by atoms with Crippen molar-refractivity contribution in [3.8, 4) is 0 Å². The molecule has 14 heavy (non-hydrogen) atoms. The van der Waals surface area contributed by atoms with Gasteiger partial charge in [0.25, 0.3) is 5.91 Å². The number of nitrogens with zero attached hydrogens (tertiary/aromatic N) is 2. The van der Waals surface area contributed by atoms with Gasteiger partial charge in [0.15, 0.2) is 0 Å². The van der Waals surface area contributed by atoms with Crippen molar-refractivity contribution in [2.45, 2.75) is 13.8 Å². The van der Waals surface area contributed by atoms with Crippen LogP contribution in [0.25, 0.3) is 0 Å². The fraction of sp³-hybridized carbons (Fsp3) is 0.222. The summed E-state index contributed by atoms with van der Waals surface area (Å²) in [5.74, 6) is -0.713. The Morgan fingerprint density at radius 3 is 2.71 bits per heavy atom. The lowest BCUT2D eigenvalue weighted by Gasteiger charge is -2.03. The van der Waals surface area contributed by atoms with E-state index in [2.05, 4.69) is 9.98 Å². The number of aromatic nitrogens is 1. The molecule has 0 saturated heterocycles. The standard InChI is InChI=1S/C9H7ClN2O2/c1-5-3-6(2)12-8(10)7(5)9(14)11-4-13/h3H,1-2H3. The summed E-state index contributed by atoms with van der Waals surface area (Å²) in [6.07, 6.45) is 1.17. The maximum absolute atomic E-state index is 11.2. The number of amides is 1. The van der Waals surface area contributed by atoms with Gasteiger partial charge in [-0.25, -0.2) is 9.78 Å². The first-order chi connectivity index (χ1) is 6.56. The highest BCUT2D eigenvalue weighted by Gasteiger charge is 2.14. The van der Waals surface area contributed by atoms with Gasteiger partial charge in [0.2, 0.25) is 6.08 Å². The van der Waals surface area contributed by atoms with Crippen LogP contribution in [-0.2, 0) is 4.79 Å². The molecule has 1 aromatic heterocycles. The molecule has 0 spiro atoms. The number of rotatable bonds is 1. The topological polar surface area (TPSA) is 59.4 Å². The smallest absolute Gasteiger partial charge is 0.266 e. The minimum atomic E-state index is -0.713. The summed E-state index contributed by atoms with van der Waals surface area (Å²) in [5, 5.41) is 0.0616. The van der Waals surface area contributed by atoms with Crippen LogP contribution in [0.3, 0.4) is 0 Å². The number of aryl methyl sites for hydroxylation is 2. The lowest BCUT2D eigenvalue weighted by molar-refractivity contribution is 0.100. The van der Waals surface area contributed by atoms with E-state index >= 15 is 0 Å². The van der Waals surface area contributed by atoms with Gasteiger partial charge in [0.05, 0.1) is 5.56 Å². The van der Waals surface area contributed by atoms with Crippen molar-refractivity contribution in [2.24, 2.45) is 4.99 Å². The average molecular weight is 211 g/mol. The van der Waals surface area contributed by atoms with Gasteiger partial charge in [-0.1, -0.05) is 11.6 Å². The molecule has 1 heterocycles. The van der Waals surface area contributed by atoms with Crippen molar-refractivity contribution in [1.29, 1.82) is 0 Å². The fourth-order valence-corrected chi connectivity index (χ4v) is 1.51. The molecule has 0 aliphatic carbocycles. The molecule has 72 valence electrons. The van der Waals surface area contributed by atoms with Crippen LogP contribution in [0, 0.1) is 13.8 Å². The maximum Gasteiger partial charge on any atom is 0.291 e. The number of halogens is 1. The first kappa shape index (κ1) is 10.6. The van der Waals surface area contributed by atoms with E-state index in [9.17, 15) is 9.59 Å². The molecule has 4 nitrogen and oxygen atoms in total. The summed E-state index contributed by atoms with van der Waals surface area (Å²) in [5.41, 5.74) is 1.51. The summed E-state index contributed by atoms with van der Waals surface area (Å²) < 4.78 is 0. The van der Waals surface area contributed by atoms with E-state index in [0.717, 1.165) is 0 Å². The molecule has 0 aromatic carbocycles. The Labute approximate surface area is 85.6 Å². The fourth-order valence-electron chi connectivity index (χ4n) is 1.15. The Morgan fingerprint density at radius 1 is 1.57 bits per heavy atom. The van der Waals surface area contributed by atoms with Crippen molar-refractivity contribution in [1.82, 2.24) is 4.98 Å².